The van der Waals surface area contributed by atoms with Crippen LogP contribution in [-0.4, -0.2) is 24.9 Å². The molecule has 0 radical (unpaired) electrons. The molecule has 21 heavy (non-hydrogen) atoms. The first-order chi connectivity index (χ1) is 10.0. The van der Waals surface area contributed by atoms with Crippen LogP contribution in [0.15, 0.2) is 24.3 Å². The summed E-state index contributed by atoms with van der Waals surface area (Å²) < 4.78 is 0. The molecule has 0 atom stereocenters. The smallest absolute Gasteiger partial charge is 0.244 e. The van der Waals surface area contributed by atoms with E-state index in [2.05, 4.69) is 16.6 Å². The van der Waals surface area contributed by atoms with Gasteiger partial charge in [0.05, 0.1) is 6.54 Å². The van der Waals surface area contributed by atoms with Crippen LogP contribution >= 0.6 is 23.2 Å². The Kier molecular flexibility index (Phi) is 7.38. The second-order valence-corrected chi connectivity index (χ2v) is 4.80. The molecule has 0 aromatic heterocycles. The minimum atomic E-state index is -0.337. The van der Waals surface area contributed by atoms with Gasteiger partial charge in [0.15, 0.2) is 0 Å². The quantitative estimate of drug-likeness (QED) is 0.623. The average Bonchev–Trinajstić information content (AvgIpc) is 2.44. The highest BCUT2D eigenvalue weighted by Gasteiger charge is 2.03. The molecule has 0 fully saturated rings. The summed E-state index contributed by atoms with van der Waals surface area (Å²) in [6, 6.07) is 5.08. The van der Waals surface area contributed by atoms with Gasteiger partial charge in [0.1, 0.15) is 0 Å². The molecular formula is C15H14Cl2N2O2. The summed E-state index contributed by atoms with van der Waals surface area (Å²) in [5.41, 5.74) is 0.572. The number of nitrogens with one attached hydrogen (secondary N) is 2. The van der Waals surface area contributed by atoms with Gasteiger partial charge in [-0.2, -0.15) is 0 Å². The third-order valence-electron chi connectivity index (χ3n) is 2.44. The third-order valence-corrected chi connectivity index (χ3v) is 3.10. The van der Waals surface area contributed by atoms with Crippen molar-refractivity contribution in [2.24, 2.45) is 0 Å². The normalized spacial score (nSPS) is 10.1. The molecule has 0 saturated carbocycles. The molecule has 0 aliphatic rings. The number of rotatable bonds is 6. The largest absolute Gasteiger partial charge is 0.352 e. The summed E-state index contributed by atoms with van der Waals surface area (Å²) in [6.45, 7) is 0.396. The summed E-state index contributed by atoms with van der Waals surface area (Å²) >= 11 is 11.9. The maximum Gasteiger partial charge on any atom is 0.244 e. The minimum Gasteiger partial charge on any atom is -0.352 e. The van der Waals surface area contributed by atoms with Crippen molar-refractivity contribution in [3.05, 3.63) is 39.9 Å². The number of benzene rings is 1. The first kappa shape index (κ1) is 17.1. The number of carbonyl (C=O) groups excluding carboxylic acids is 2. The van der Waals surface area contributed by atoms with Crippen LogP contribution in [0.1, 0.15) is 12.0 Å². The van der Waals surface area contributed by atoms with Gasteiger partial charge in [0.2, 0.25) is 11.8 Å². The Bertz CT molecular complexity index is 572. The summed E-state index contributed by atoms with van der Waals surface area (Å²) in [5.74, 6) is 1.74. The van der Waals surface area contributed by atoms with Gasteiger partial charge in [0, 0.05) is 34.7 Å². The van der Waals surface area contributed by atoms with E-state index < -0.39 is 0 Å². The zero-order chi connectivity index (χ0) is 15.7. The Balaban J connectivity index is 2.42. The topological polar surface area (TPSA) is 58.2 Å². The molecule has 0 unspecified atom stereocenters. The van der Waals surface area contributed by atoms with Gasteiger partial charge in [-0.1, -0.05) is 35.2 Å². The fraction of sp³-hybridized carbons (Fsp3) is 0.200. The fourth-order valence-corrected chi connectivity index (χ4v) is 1.95. The lowest BCUT2D eigenvalue weighted by Crippen LogP contribution is -2.30. The molecule has 0 saturated heterocycles. The van der Waals surface area contributed by atoms with Crippen LogP contribution in [-0.2, 0) is 9.59 Å². The lowest BCUT2D eigenvalue weighted by atomic mass is 10.2. The predicted molar refractivity (Wildman–Crippen MR) is 85.0 cm³/mol. The van der Waals surface area contributed by atoms with E-state index in [1.165, 1.54) is 12.2 Å². The average molecular weight is 325 g/mol. The van der Waals surface area contributed by atoms with Gasteiger partial charge in [-0.3, -0.25) is 9.59 Å². The third kappa shape index (κ3) is 6.35. The Morgan fingerprint density at radius 1 is 1.24 bits per heavy atom. The molecule has 1 aromatic rings. The first-order valence-electron chi connectivity index (χ1n) is 6.14. The van der Waals surface area contributed by atoms with Crippen molar-refractivity contribution in [3.8, 4) is 12.3 Å². The summed E-state index contributed by atoms with van der Waals surface area (Å²) in [7, 11) is 0. The molecule has 1 aromatic carbocycles. The highest BCUT2D eigenvalue weighted by atomic mass is 35.5. The first-order valence-corrected chi connectivity index (χ1v) is 6.90. The van der Waals surface area contributed by atoms with E-state index in [1.807, 2.05) is 0 Å². The van der Waals surface area contributed by atoms with Gasteiger partial charge in [-0.05, 0) is 18.2 Å². The lowest BCUT2D eigenvalue weighted by Gasteiger charge is -2.03. The summed E-state index contributed by atoms with van der Waals surface area (Å²) in [5, 5.41) is 5.99. The molecule has 2 N–H and O–H groups in total. The number of terminal acetylenes is 1. The number of carbonyl (C=O) groups is 2. The summed E-state index contributed by atoms with van der Waals surface area (Å²) in [4.78, 5) is 22.8. The van der Waals surface area contributed by atoms with Gasteiger partial charge in [0.25, 0.3) is 0 Å². The Labute approximate surface area is 133 Å². The Morgan fingerprint density at radius 2 is 1.90 bits per heavy atom. The number of hydrogen-bond acceptors (Lipinski definition) is 2. The van der Waals surface area contributed by atoms with Crippen molar-refractivity contribution in [1.82, 2.24) is 10.6 Å². The molecule has 1 rings (SSSR count). The summed E-state index contributed by atoms with van der Waals surface area (Å²) in [6.07, 6.45) is 8.01. The minimum absolute atomic E-state index is 0.161. The lowest BCUT2D eigenvalue weighted by molar-refractivity contribution is -0.121. The van der Waals surface area contributed by atoms with Gasteiger partial charge in [-0.15, -0.1) is 6.42 Å². The Morgan fingerprint density at radius 3 is 2.52 bits per heavy atom. The molecular weight excluding hydrogens is 311 g/mol. The van der Waals surface area contributed by atoms with Crippen LogP contribution in [0.5, 0.6) is 0 Å². The van der Waals surface area contributed by atoms with Crippen LogP contribution < -0.4 is 10.6 Å². The molecule has 2 amide bonds. The van der Waals surface area contributed by atoms with Gasteiger partial charge in [-0.25, -0.2) is 0 Å². The van der Waals surface area contributed by atoms with Crippen molar-refractivity contribution in [3.63, 3.8) is 0 Å². The van der Waals surface area contributed by atoms with E-state index in [-0.39, 0.29) is 31.3 Å². The number of halogens is 2. The van der Waals surface area contributed by atoms with Crippen molar-refractivity contribution < 1.29 is 9.59 Å². The van der Waals surface area contributed by atoms with Gasteiger partial charge >= 0.3 is 0 Å². The van der Waals surface area contributed by atoms with E-state index in [9.17, 15) is 9.59 Å². The molecule has 0 spiro atoms. The highest BCUT2D eigenvalue weighted by Crippen LogP contribution is 2.25. The predicted octanol–water partition coefficient (Wildman–Crippen LogP) is 2.26. The standard InChI is InChI=1S/C15H14Cl2N2O2/c1-2-9-18-15(21)8-10-19-14(20)7-6-11-12(16)4-3-5-13(11)17/h1,3-7H,8-10H2,(H,18,21)(H,19,20). The van der Waals surface area contributed by atoms with Crippen LogP contribution in [0.4, 0.5) is 0 Å². The maximum absolute atomic E-state index is 11.6. The van der Waals surface area contributed by atoms with E-state index in [0.717, 1.165) is 0 Å². The SMILES string of the molecule is C#CCNC(=O)CCNC(=O)C=Cc1c(Cl)cccc1Cl. The van der Waals surface area contributed by atoms with E-state index >= 15 is 0 Å². The Hall–Kier alpha value is -1.96. The van der Waals surface area contributed by atoms with E-state index in [0.29, 0.717) is 15.6 Å². The van der Waals surface area contributed by atoms with Gasteiger partial charge < -0.3 is 10.6 Å². The molecule has 110 valence electrons. The van der Waals surface area contributed by atoms with Crippen molar-refractivity contribution in [2.45, 2.75) is 6.42 Å². The van der Waals surface area contributed by atoms with Crippen molar-refractivity contribution >= 4 is 41.1 Å². The molecule has 4 nitrogen and oxygen atoms in total. The molecule has 0 bridgehead atoms. The van der Waals surface area contributed by atoms with Crippen LogP contribution in [0.2, 0.25) is 10.0 Å². The van der Waals surface area contributed by atoms with Crippen LogP contribution in [0.3, 0.4) is 0 Å². The number of hydrogen-bond donors (Lipinski definition) is 2. The molecule has 0 aliphatic heterocycles. The zero-order valence-corrected chi connectivity index (χ0v) is 12.7. The van der Waals surface area contributed by atoms with Crippen LogP contribution in [0, 0.1) is 12.3 Å². The van der Waals surface area contributed by atoms with Crippen molar-refractivity contribution in [1.29, 1.82) is 0 Å². The highest BCUT2D eigenvalue weighted by molar-refractivity contribution is 6.37. The monoisotopic (exact) mass is 324 g/mol. The zero-order valence-electron chi connectivity index (χ0n) is 11.2. The second-order valence-electron chi connectivity index (χ2n) is 3.99. The fourth-order valence-electron chi connectivity index (χ4n) is 1.43. The molecule has 0 aliphatic carbocycles. The molecule has 0 heterocycles. The number of amides is 2. The van der Waals surface area contributed by atoms with E-state index in [4.69, 9.17) is 29.6 Å². The van der Waals surface area contributed by atoms with Crippen molar-refractivity contribution in [2.75, 3.05) is 13.1 Å². The van der Waals surface area contributed by atoms with E-state index in [1.54, 1.807) is 18.2 Å². The van der Waals surface area contributed by atoms with Crippen LogP contribution in [0.25, 0.3) is 6.08 Å². The maximum atomic E-state index is 11.6. The molecule has 6 heteroatoms. The second kappa shape index (κ2) is 9.06.